The minimum Gasteiger partial charge on any atom is -0.260 e. The average Bonchev–Trinajstić information content (AvgIpc) is 2.12. The van der Waals surface area contributed by atoms with Gasteiger partial charge in [-0.1, -0.05) is 3.89 Å². The fourth-order valence-corrected chi connectivity index (χ4v) is 0.913. The fraction of sp³-hybridized carbons (Fsp3) is 0.800. The van der Waals surface area contributed by atoms with E-state index in [4.69, 9.17) is 0 Å². The van der Waals surface area contributed by atoms with Crippen LogP contribution in [0.15, 0.2) is 0 Å². The van der Waals surface area contributed by atoms with Crippen molar-refractivity contribution in [3.05, 3.63) is 0 Å². The van der Waals surface area contributed by atoms with Crippen LogP contribution in [0.3, 0.4) is 0 Å². The molecule has 0 fully saturated rings. The van der Waals surface area contributed by atoms with E-state index in [0.29, 0.717) is 0 Å². The maximum atomic E-state index is 12.6. The molecule has 4 nitrogen and oxygen atoms in total. The summed E-state index contributed by atoms with van der Waals surface area (Å²) >= 11 is 0. The first-order chi connectivity index (χ1) is 8.40. The van der Waals surface area contributed by atoms with E-state index in [0.717, 1.165) is 0 Å². The molecule has 0 saturated heterocycles. The van der Waals surface area contributed by atoms with Gasteiger partial charge in [0.05, 0.1) is 0 Å². The molecule has 0 aliphatic rings. The van der Waals surface area contributed by atoms with Crippen molar-refractivity contribution >= 4 is 16.3 Å². The fourth-order valence-electron chi connectivity index (χ4n) is 0.587. The maximum absolute atomic E-state index is 12.6. The van der Waals surface area contributed by atoms with Gasteiger partial charge in [-0.15, -0.1) is 0 Å². The monoisotopic (exact) mass is 346 g/mol. The van der Waals surface area contributed by atoms with Gasteiger partial charge in [0, 0.05) is 0 Å². The van der Waals surface area contributed by atoms with Crippen molar-refractivity contribution in [2.24, 2.45) is 0 Å². The molecule has 120 valence electrons. The summed E-state index contributed by atoms with van der Waals surface area (Å²) in [5.74, 6) is -6.62. The molecule has 0 aromatic carbocycles. The Morgan fingerprint density at radius 3 is 1.45 bits per heavy atom. The number of carbonyl (C=O) groups is 1. The molecule has 0 aromatic rings. The van der Waals surface area contributed by atoms with E-state index in [9.17, 15) is 56.6 Å². The first-order valence-electron chi connectivity index (χ1n) is 3.75. The molecule has 0 aliphatic carbocycles. The Bertz CT molecular complexity index is 494. The van der Waals surface area contributed by atoms with Crippen LogP contribution in [-0.4, -0.2) is 37.8 Å². The molecule has 1 atom stereocenters. The van der Waals surface area contributed by atoms with E-state index in [1.54, 1.807) is 4.74 Å². The van der Waals surface area contributed by atoms with Gasteiger partial charge in [-0.05, 0) is 0 Å². The second-order valence-corrected chi connectivity index (χ2v) is 4.33. The summed E-state index contributed by atoms with van der Waals surface area (Å²) in [6.45, 7) is 0. The van der Waals surface area contributed by atoms with Crippen LogP contribution in [0.4, 0.5) is 43.4 Å². The summed E-state index contributed by atoms with van der Waals surface area (Å²) in [5.41, 5.74) is 0. The van der Waals surface area contributed by atoms with Crippen molar-refractivity contribution in [3.8, 4) is 0 Å². The van der Waals surface area contributed by atoms with Crippen LogP contribution in [0, 0.1) is 0 Å². The third kappa shape index (κ3) is 2.97. The van der Waals surface area contributed by atoms with E-state index in [2.05, 4.69) is 0 Å². The summed E-state index contributed by atoms with van der Waals surface area (Å²) in [5, 5.41) is -7.02. The van der Waals surface area contributed by atoms with Gasteiger partial charge in [0.25, 0.3) is 0 Å². The molecule has 0 amide bonds. The van der Waals surface area contributed by atoms with Crippen LogP contribution in [0.2, 0.25) is 0 Å². The molecular weight excluding hydrogens is 346 g/mol. The van der Waals surface area contributed by atoms with E-state index >= 15 is 0 Å². The Morgan fingerprint density at radius 2 is 1.25 bits per heavy atom. The first kappa shape index (κ1) is 18.9. The summed E-state index contributed by atoms with van der Waals surface area (Å²) in [6, 6.07) is -4.34. The number of alkyl halides is 8. The lowest BCUT2D eigenvalue weighted by molar-refractivity contribution is -0.424. The van der Waals surface area contributed by atoms with E-state index in [-0.39, 0.29) is 0 Å². The SMILES string of the molecule is O=C(F)C(F)(OC(F)(F)C(F)(F)S(=O)(=O)F)C(F)(F)F. The summed E-state index contributed by atoms with van der Waals surface area (Å²) in [6.07, 6.45) is -14.0. The lowest BCUT2D eigenvalue weighted by Crippen LogP contribution is -2.58. The van der Waals surface area contributed by atoms with Crippen LogP contribution in [0.25, 0.3) is 0 Å². The van der Waals surface area contributed by atoms with Gasteiger partial charge >= 0.3 is 39.7 Å². The highest BCUT2D eigenvalue weighted by Gasteiger charge is 2.76. The second-order valence-electron chi connectivity index (χ2n) is 2.94. The van der Waals surface area contributed by atoms with Gasteiger partial charge in [-0.3, -0.25) is 9.53 Å². The Labute approximate surface area is 102 Å². The summed E-state index contributed by atoms with van der Waals surface area (Å²) in [7, 11) is -7.58. The quantitative estimate of drug-likeness (QED) is 0.566. The highest BCUT2D eigenvalue weighted by molar-refractivity contribution is 7.87. The minimum atomic E-state index is -7.58. The predicted molar refractivity (Wildman–Crippen MR) is 37.0 cm³/mol. The zero-order valence-corrected chi connectivity index (χ0v) is 9.14. The second kappa shape index (κ2) is 4.71. The van der Waals surface area contributed by atoms with Gasteiger partial charge < -0.3 is 0 Å². The van der Waals surface area contributed by atoms with Crippen molar-refractivity contribution in [3.63, 3.8) is 0 Å². The van der Waals surface area contributed by atoms with Crippen LogP contribution in [0.1, 0.15) is 0 Å². The number of halogens is 10. The summed E-state index contributed by atoms with van der Waals surface area (Å²) in [4.78, 5) is 9.66. The van der Waals surface area contributed by atoms with Gasteiger partial charge in [0.15, 0.2) is 0 Å². The van der Waals surface area contributed by atoms with Crippen LogP contribution in [-0.2, 0) is 19.8 Å². The molecule has 0 radical (unpaired) electrons. The van der Waals surface area contributed by atoms with Gasteiger partial charge in [-0.25, -0.2) is 0 Å². The standard InChI is InChI=1S/C5F10O4S/c6-1(16)2(7,3(8,9)10)19-4(11,12)5(13,14)20(15,17)18. The van der Waals surface area contributed by atoms with Gasteiger partial charge in [0.1, 0.15) is 0 Å². The van der Waals surface area contributed by atoms with E-state index in [1.807, 2.05) is 0 Å². The Hall–Kier alpha value is -1.12. The third-order valence-electron chi connectivity index (χ3n) is 1.53. The largest absolute Gasteiger partial charge is 0.464 e. The Morgan fingerprint density at radius 1 is 0.900 bits per heavy atom. The summed E-state index contributed by atoms with van der Waals surface area (Å²) < 4.78 is 142. The molecule has 0 rings (SSSR count). The Balaban J connectivity index is 5.86. The van der Waals surface area contributed by atoms with Crippen molar-refractivity contribution in [2.75, 3.05) is 0 Å². The predicted octanol–water partition coefficient (Wildman–Crippen LogP) is 2.21. The topological polar surface area (TPSA) is 60.4 Å². The Kier molecular flexibility index (Phi) is 4.45. The lowest BCUT2D eigenvalue weighted by atomic mass is 10.3. The molecule has 0 N–H and O–H groups in total. The third-order valence-corrected chi connectivity index (χ3v) is 2.38. The highest BCUT2D eigenvalue weighted by atomic mass is 32.3. The van der Waals surface area contributed by atoms with Crippen molar-refractivity contribution in [1.29, 1.82) is 0 Å². The molecule has 1 unspecified atom stereocenters. The van der Waals surface area contributed by atoms with E-state index in [1.165, 1.54) is 0 Å². The smallest absolute Gasteiger partial charge is 0.260 e. The number of hydrogen-bond donors (Lipinski definition) is 0. The molecule has 0 spiro atoms. The lowest BCUT2D eigenvalue weighted by Gasteiger charge is -2.30. The van der Waals surface area contributed by atoms with E-state index < -0.39 is 39.7 Å². The number of hydrogen-bond acceptors (Lipinski definition) is 4. The number of rotatable bonds is 5. The van der Waals surface area contributed by atoms with Crippen molar-refractivity contribution < 1.29 is 61.3 Å². The zero-order chi connectivity index (χ0) is 16.8. The number of carbonyl (C=O) groups excluding carboxylic acids is 1. The van der Waals surface area contributed by atoms with Gasteiger partial charge in [0.2, 0.25) is 0 Å². The van der Waals surface area contributed by atoms with Crippen molar-refractivity contribution in [2.45, 2.75) is 23.4 Å². The molecule has 20 heavy (non-hydrogen) atoms. The molecule has 15 heteroatoms. The molecular formula is C5F10O4S. The normalized spacial score (nSPS) is 17.7. The molecule has 0 aliphatic heterocycles. The van der Waals surface area contributed by atoms with Crippen LogP contribution < -0.4 is 0 Å². The van der Waals surface area contributed by atoms with Crippen LogP contribution >= 0.6 is 0 Å². The molecule has 0 bridgehead atoms. The van der Waals surface area contributed by atoms with Gasteiger partial charge in [-0.2, -0.15) is 47.9 Å². The van der Waals surface area contributed by atoms with Crippen LogP contribution in [0.5, 0.6) is 0 Å². The zero-order valence-electron chi connectivity index (χ0n) is 8.32. The molecule has 0 heterocycles. The average molecular weight is 346 g/mol. The number of ether oxygens (including phenoxy) is 1. The molecule has 0 aromatic heterocycles. The maximum Gasteiger partial charge on any atom is 0.464 e. The highest BCUT2D eigenvalue weighted by Crippen LogP contribution is 2.47. The first-order valence-corrected chi connectivity index (χ1v) is 5.14. The molecule has 0 saturated carbocycles. The van der Waals surface area contributed by atoms with Crippen molar-refractivity contribution in [1.82, 2.24) is 0 Å². The minimum absolute atomic E-state index is 1.62.